The smallest absolute Gasteiger partial charge is 0.0100 e. The molecule has 80 valence electrons. The first-order valence-electron chi connectivity index (χ1n) is 6.45. The van der Waals surface area contributed by atoms with Crippen molar-refractivity contribution in [2.75, 3.05) is 0 Å². The van der Waals surface area contributed by atoms with Crippen molar-refractivity contribution in [1.29, 1.82) is 0 Å². The lowest BCUT2D eigenvalue weighted by molar-refractivity contribution is -0.0206. The third-order valence-corrected chi connectivity index (χ3v) is 5.38. The van der Waals surface area contributed by atoms with Crippen molar-refractivity contribution in [3.63, 3.8) is 0 Å². The fourth-order valence-corrected chi connectivity index (χ4v) is 3.74. The van der Waals surface area contributed by atoms with Gasteiger partial charge in [0.05, 0.1) is 0 Å². The molecular formula is C13H23N. The normalized spacial score (nSPS) is 45.4. The van der Waals surface area contributed by atoms with Gasteiger partial charge in [-0.25, -0.2) is 0 Å². The number of rotatable bonds is 2. The minimum Gasteiger partial charge on any atom is -0.311 e. The van der Waals surface area contributed by atoms with E-state index >= 15 is 0 Å². The van der Waals surface area contributed by atoms with E-state index in [9.17, 15) is 0 Å². The van der Waals surface area contributed by atoms with Crippen molar-refractivity contribution in [3.8, 4) is 0 Å². The van der Waals surface area contributed by atoms with E-state index in [1.54, 1.807) is 0 Å². The number of nitrogens with one attached hydrogen (secondary N) is 1. The van der Waals surface area contributed by atoms with Crippen molar-refractivity contribution in [2.24, 2.45) is 17.3 Å². The van der Waals surface area contributed by atoms with E-state index in [1.165, 1.54) is 38.5 Å². The van der Waals surface area contributed by atoms with Crippen molar-refractivity contribution in [2.45, 2.75) is 64.5 Å². The van der Waals surface area contributed by atoms with Crippen LogP contribution in [0.4, 0.5) is 0 Å². The summed E-state index contributed by atoms with van der Waals surface area (Å²) in [6, 6.07) is 1.74. The predicted molar refractivity (Wildman–Crippen MR) is 59.2 cm³/mol. The molecule has 0 radical (unpaired) electrons. The first-order chi connectivity index (χ1) is 6.69. The first-order valence-corrected chi connectivity index (χ1v) is 6.45. The molecule has 3 aliphatic rings. The second kappa shape index (κ2) is 2.98. The van der Waals surface area contributed by atoms with Crippen molar-refractivity contribution < 1.29 is 0 Å². The van der Waals surface area contributed by atoms with Crippen LogP contribution in [0, 0.1) is 17.3 Å². The van der Waals surface area contributed by atoms with Gasteiger partial charge in [-0.05, 0) is 49.4 Å². The van der Waals surface area contributed by atoms with Crippen molar-refractivity contribution >= 4 is 0 Å². The fourth-order valence-electron chi connectivity index (χ4n) is 3.74. The average Bonchev–Trinajstić information content (AvgIpc) is 2.04. The zero-order chi connectivity index (χ0) is 9.76. The Morgan fingerprint density at radius 3 is 2.29 bits per heavy atom. The van der Waals surface area contributed by atoms with Gasteiger partial charge in [0.2, 0.25) is 0 Å². The Morgan fingerprint density at radius 2 is 1.86 bits per heavy atom. The van der Waals surface area contributed by atoms with E-state index < -0.39 is 0 Å². The van der Waals surface area contributed by atoms with Gasteiger partial charge in [0.15, 0.2) is 0 Å². The summed E-state index contributed by atoms with van der Waals surface area (Å²) in [5.41, 5.74) is 0.844. The maximum absolute atomic E-state index is 3.86. The summed E-state index contributed by atoms with van der Waals surface area (Å²) in [4.78, 5) is 0. The van der Waals surface area contributed by atoms with Gasteiger partial charge >= 0.3 is 0 Å². The SMILES string of the molecule is CC1CC(NC2CC3(CCC3)C2)C1C. The second-order valence-corrected chi connectivity index (χ2v) is 6.30. The molecule has 1 spiro atoms. The summed E-state index contributed by atoms with van der Waals surface area (Å²) in [5.74, 6) is 1.89. The average molecular weight is 193 g/mol. The highest BCUT2D eigenvalue weighted by Gasteiger charge is 2.49. The molecule has 0 heterocycles. The Kier molecular flexibility index (Phi) is 1.96. The summed E-state index contributed by atoms with van der Waals surface area (Å²) in [7, 11) is 0. The third kappa shape index (κ3) is 1.25. The molecule has 0 bridgehead atoms. The maximum Gasteiger partial charge on any atom is 0.0100 e. The molecule has 1 nitrogen and oxygen atoms in total. The van der Waals surface area contributed by atoms with Crippen LogP contribution >= 0.6 is 0 Å². The lowest BCUT2D eigenvalue weighted by Gasteiger charge is -2.56. The van der Waals surface area contributed by atoms with Gasteiger partial charge in [0.1, 0.15) is 0 Å². The number of hydrogen-bond donors (Lipinski definition) is 1. The van der Waals surface area contributed by atoms with E-state index in [0.29, 0.717) is 0 Å². The van der Waals surface area contributed by atoms with E-state index in [1.807, 2.05) is 0 Å². The summed E-state index contributed by atoms with van der Waals surface area (Å²) in [5, 5.41) is 3.86. The van der Waals surface area contributed by atoms with Gasteiger partial charge in [-0.1, -0.05) is 20.3 Å². The first kappa shape index (κ1) is 9.21. The molecule has 0 aliphatic heterocycles. The molecular weight excluding hydrogens is 170 g/mol. The predicted octanol–water partition coefficient (Wildman–Crippen LogP) is 2.95. The van der Waals surface area contributed by atoms with Crippen LogP contribution < -0.4 is 5.32 Å². The lowest BCUT2D eigenvalue weighted by Crippen LogP contribution is -2.59. The van der Waals surface area contributed by atoms with Crippen molar-refractivity contribution in [1.82, 2.24) is 5.32 Å². The summed E-state index contributed by atoms with van der Waals surface area (Å²) < 4.78 is 0. The van der Waals surface area contributed by atoms with E-state index in [0.717, 1.165) is 29.3 Å². The summed E-state index contributed by atoms with van der Waals surface area (Å²) >= 11 is 0. The molecule has 0 aromatic carbocycles. The van der Waals surface area contributed by atoms with Gasteiger partial charge in [0, 0.05) is 12.1 Å². The minimum atomic E-state index is 0.844. The Hall–Kier alpha value is -0.0400. The van der Waals surface area contributed by atoms with Gasteiger partial charge < -0.3 is 5.32 Å². The molecule has 0 aromatic heterocycles. The minimum absolute atomic E-state index is 0.844. The van der Waals surface area contributed by atoms with Crippen LogP contribution in [0.25, 0.3) is 0 Å². The lowest BCUT2D eigenvalue weighted by atomic mass is 9.53. The Bertz CT molecular complexity index is 223. The fraction of sp³-hybridized carbons (Fsp3) is 1.00. The molecule has 3 rings (SSSR count). The molecule has 14 heavy (non-hydrogen) atoms. The zero-order valence-corrected chi connectivity index (χ0v) is 9.55. The highest BCUT2D eigenvalue weighted by Crippen LogP contribution is 2.56. The molecule has 1 N–H and O–H groups in total. The molecule has 3 saturated carbocycles. The molecule has 0 aromatic rings. The largest absolute Gasteiger partial charge is 0.311 e. The highest BCUT2D eigenvalue weighted by atomic mass is 15.0. The van der Waals surface area contributed by atoms with Crippen LogP contribution in [0.3, 0.4) is 0 Å². The molecule has 0 saturated heterocycles. The van der Waals surface area contributed by atoms with E-state index in [-0.39, 0.29) is 0 Å². The monoisotopic (exact) mass is 193 g/mol. The van der Waals surface area contributed by atoms with Gasteiger partial charge in [-0.15, -0.1) is 0 Å². The molecule has 3 atom stereocenters. The topological polar surface area (TPSA) is 12.0 Å². The molecule has 0 amide bonds. The van der Waals surface area contributed by atoms with Crippen LogP contribution in [0.5, 0.6) is 0 Å². The van der Waals surface area contributed by atoms with E-state index in [2.05, 4.69) is 19.2 Å². The second-order valence-electron chi connectivity index (χ2n) is 6.30. The van der Waals surface area contributed by atoms with E-state index in [4.69, 9.17) is 0 Å². The third-order valence-electron chi connectivity index (χ3n) is 5.38. The van der Waals surface area contributed by atoms with Crippen LogP contribution in [0.1, 0.15) is 52.4 Å². The Labute approximate surface area is 87.7 Å². The number of hydrogen-bond acceptors (Lipinski definition) is 1. The standard InChI is InChI=1S/C13H23N/c1-9-6-12(10(9)2)14-11-7-13(8-11)4-3-5-13/h9-12,14H,3-8H2,1-2H3. The molecule has 1 heteroatoms. The van der Waals surface area contributed by atoms with Crippen molar-refractivity contribution in [3.05, 3.63) is 0 Å². The van der Waals surface area contributed by atoms with Gasteiger partial charge in [-0.2, -0.15) is 0 Å². The Balaban J connectivity index is 1.43. The quantitative estimate of drug-likeness (QED) is 0.711. The zero-order valence-electron chi connectivity index (χ0n) is 9.55. The summed E-state index contributed by atoms with van der Waals surface area (Å²) in [6.45, 7) is 4.79. The molecule has 3 unspecified atom stereocenters. The molecule has 3 aliphatic carbocycles. The van der Waals surface area contributed by atoms with Gasteiger partial charge in [0.25, 0.3) is 0 Å². The van der Waals surface area contributed by atoms with Crippen LogP contribution in [0.2, 0.25) is 0 Å². The maximum atomic E-state index is 3.86. The van der Waals surface area contributed by atoms with Gasteiger partial charge in [-0.3, -0.25) is 0 Å². The Morgan fingerprint density at radius 1 is 1.14 bits per heavy atom. The van der Waals surface area contributed by atoms with Crippen LogP contribution in [-0.2, 0) is 0 Å². The van der Waals surface area contributed by atoms with Crippen LogP contribution in [-0.4, -0.2) is 12.1 Å². The molecule has 3 fully saturated rings. The highest BCUT2D eigenvalue weighted by molar-refractivity contribution is 5.04. The summed E-state index contributed by atoms with van der Waals surface area (Å²) in [6.07, 6.45) is 8.97. The van der Waals surface area contributed by atoms with Crippen LogP contribution in [0.15, 0.2) is 0 Å².